The van der Waals surface area contributed by atoms with E-state index in [4.69, 9.17) is 14.2 Å². The summed E-state index contributed by atoms with van der Waals surface area (Å²) in [6, 6.07) is 0. The van der Waals surface area contributed by atoms with Crippen LogP contribution in [0, 0.1) is 0 Å². The Balaban J connectivity index is 4.41. The minimum absolute atomic E-state index is 0.0936. The molecule has 0 aliphatic carbocycles. The maximum Gasteiger partial charge on any atom is 0.306 e. The molecule has 0 heterocycles. The Kier molecular flexibility index (Phi) is 61.8. The Labute approximate surface area is 482 Å². The van der Waals surface area contributed by atoms with Gasteiger partial charge in [-0.05, 0) is 116 Å². The smallest absolute Gasteiger partial charge is 0.306 e. The zero-order valence-corrected chi connectivity index (χ0v) is 50.9. The highest BCUT2D eigenvalue weighted by atomic mass is 16.6. The molecule has 0 saturated carbocycles. The first-order chi connectivity index (χ1) is 38.5. The molecule has 0 aliphatic heterocycles. The maximum absolute atomic E-state index is 12.9. The van der Waals surface area contributed by atoms with Crippen LogP contribution in [0.15, 0.2) is 122 Å². The third kappa shape index (κ3) is 62.7. The van der Waals surface area contributed by atoms with E-state index in [2.05, 4.69) is 142 Å². The van der Waals surface area contributed by atoms with Crippen LogP contribution in [0.4, 0.5) is 0 Å². The van der Waals surface area contributed by atoms with Crippen LogP contribution in [0.1, 0.15) is 297 Å². The van der Waals surface area contributed by atoms with E-state index in [1.807, 2.05) is 0 Å². The molecular weight excluding hydrogens is 961 g/mol. The van der Waals surface area contributed by atoms with Gasteiger partial charge in [-0.15, -0.1) is 0 Å². The molecule has 0 amide bonds. The van der Waals surface area contributed by atoms with Gasteiger partial charge < -0.3 is 14.2 Å². The molecule has 0 N–H and O–H groups in total. The Bertz CT molecular complexity index is 1620. The first kappa shape index (κ1) is 73.8. The molecule has 0 saturated heterocycles. The van der Waals surface area contributed by atoms with Crippen molar-refractivity contribution in [1.82, 2.24) is 0 Å². The summed E-state index contributed by atoms with van der Waals surface area (Å²) in [6.07, 6.45) is 90.6. The van der Waals surface area contributed by atoms with E-state index >= 15 is 0 Å². The van der Waals surface area contributed by atoms with Crippen molar-refractivity contribution in [3.63, 3.8) is 0 Å². The van der Waals surface area contributed by atoms with Crippen LogP contribution in [0.5, 0.6) is 0 Å². The van der Waals surface area contributed by atoms with Gasteiger partial charge in [0.05, 0.1) is 0 Å². The number of hydrogen-bond donors (Lipinski definition) is 0. The fraction of sp³-hybridized carbons (Fsp3) is 0.681. The first-order valence-electron chi connectivity index (χ1n) is 32.5. The molecule has 0 radical (unpaired) electrons. The second-order valence-corrected chi connectivity index (χ2v) is 21.3. The standard InChI is InChI=1S/C72H120O6/c1-4-7-10-13-16-19-22-25-27-29-31-33-34-35-36-37-38-40-41-43-45-47-50-53-56-59-62-65-71(74)77-68-69(67-76-70(73)64-61-58-55-52-49-24-21-18-15-12-9-6-3)78-72(75)66-63-60-57-54-51-48-46-44-42-39-32-30-28-26-23-20-17-14-11-8-5-2/h7,10,16,19,23,25-27,30-33,35-36,38,40,43,45,50,53,69H,4-6,8-9,11-15,17-18,20-22,24,28-29,34,37,39,41-42,44,46-49,51-52,54-68H2,1-3H3/b10-7-,19-16-,26-23-,27-25-,32-30-,33-31-,36-35-,40-38-,45-43-,53-50-. The van der Waals surface area contributed by atoms with Crippen LogP contribution in [-0.2, 0) is 28.6 Å². The topological polar surface area (TPSA) is 78.9 Å². The maximum atomic E-state index is 12.9. The zero-order valence-electron chi connectivity index (χ0n) is 50.9. The van der Waals surface area contributed by atoms with Crippen LogP contribution >= 0.6 is 0 Å². The van der Waals surface area contributed by atoms with Crippen molar-refractivity contribution >= 4 is 17.9 Å². The summed E-state index contributed by atoms with van der Waals surface area (Å²) in [5, 5.41) is 0. The quantitative estimate of drug-likeness (QED) is 0.0261. The second-order valence-electron chi connectivity index (χ2n) is 21.3. The number of carbonyl (C=O) groups is 3. The van der Waals surface area contributed by atoms with Gasteiger partial charge in [-0.2, -0.15) is 0 Å². The molecule has 0 bridgehead atoms. The lowest BCUT2D eigenvalue weighted by Gasteiger charge is -2.18. The highest BCUT2D eigenvalue weighted by Gasteiger charge is 2.19. The van der Waals surface area contributed by atoms with Gasteiger partial charge in [0, 0.05) is 19.3 Å². The van der Waals surface area contributed by atoms with Crippen LogP contribution in [-0.4, -0.2) is 37.2 Å². The third-order valence-corrected chi connectivity index (χ3v) is 13.7. The minimum Gasteiger partial charge on any atom is -0.462 e. The van der Waals surface area contributed by atoms with E-state index < -0.39 is 6.10 Å². The van der Waals surface area contributed by atoms with Crippen molar-refractivity contribution < 1.29 is 28.6 Å². The number of rotatable bonds is 58. The molecule has 1 unspecified atom stereocenters. The van der Waals surface area contributed by atoms with Crippen molar-refractivity contribution in [2.24, 2.45) is 0 Å². The molecule has 0 spiro atoms. The van der Waals surface area contributed by atoms with E-state index in [0.29, 0.717) is 19.3 Å². The second kappa shape index (κ2) is 65.3. The lowest BCUT2D eigenvalue weighted by Crippen LogP contribution is -2.30. The van der Waals surface area contributed by atoms with Crippen molar-refractivity contribution in [1.29, 1.82) is 0 Å². The average Bonchev–Trinajstić information content (AvgIpc) is 3.44. The highest BCUT2D eigenvalue weighted by molar-refractivity contribution is 5.71. The number of esters is 3. The molecule has 6 nitrogen and oxygen atoms in total. The molecule has 6 heteroatoms. The Morgan fingerprint density at radius 1 is 0.269 bits per heavy atom. The summed E-state index contributed by atoms with van der Waals surface area (Å²) < 4.78 is 16.9. The average molecular weight is 1080 g/mol. The number of unbranched alkanes of at least 4 members (excludes halogenated alkanes) is 27. The monoisotopic (exact) mass is 1080 g/mol. The first-order valence-corrected chi connectivity index (χ1v) is 32.5. The summed E-state index contributed by atoms with van der Waals surface area (Å²) in [4.78, 5) is 38.3. The van der Waals surface area contributed by atoms with Gasteiger partial charge in [-0.1, -0.05) is 284 Å². The molecule has 1 atom stereocenters. The summed E-state index contributed by atoms with van der Waals surface area (Å²) in [5.41, 5.74) is 0. The Morgan fingerprint density at radius 2 is 0.500 bits per heavy atom. The number of hydrogen-bond acceptors (Lipinski definition) is 6. The largest absolute Gasteiger partial charge is 0.462 e. The molecule has 0 rings (SSSR count). The molecule has 444 valence electrons. The van der Waals surface area contributed by atoms with Gasteiger partial charge in [-0.25, -0.2) is 0 Å². The Hall–Kier alpha value is -4.19. The number of ether oxygens (including phenoxy) is 3. The van der Waals surface area contributed by atoms with E-state index in [0.717, 1.165) is 116 Å². The van der Waals surface area contributed by atoms with E-state index in [-0.39, 0.29) is 31.1 Å². The van der Waals surface area contributed by atoms with Gasteiger partial charge in [0.15, 0.2) is 6.10 Å². The molecule has 0 aromatic rings. The van der Waals surface area contributed by atoms with E-state index in [1.54, 1.807) is 0 Å². The van der Waals surface area contributed by atoms with Crippen molar-refractivity contribution in [2.45, 2.75) is 303 Å². The third-order valence-electron chi connectivity index (χ3n) is 13.7. The molecule has 0 aliphatic rings. The normalized spacial score (nSPS) is 12.9. The van der Waals surface area contributed by atoms with Crippen LogP contribution in [0.25, 0.3) is 0 Å². The summed E-state index contributed by atoms with van der Waals surface area (Å²) in [5.74, 6) is -0.938. The minimum atomic E-state index is -0.801. The molecule has 0 fully saturated rings. The van der Waals surface area contributed by atoms with Gasteiger partial charge in [0.25, 0.3) is 0 Å². The van der Waals surface area contributed by atoms with Crippen LogP contribution in [0.2, 0.25) is 0 Å². The summed E-state index contributed by atoms with van der Waals surface area (Å²) >= 11 is 0. The van der Waals surface area contributed by atoms with E-state index in [1.165, 1.54) is 141 Å². The SMILES string of the molecule is CC/C=C\C/C=C\C/C=C\C/C=C\C/C=C\C/C=C\C/C=C\C/C=C\CCCCC(=O)OCC(COC(=O)CCCCCCCCCCCCCC)OC(=O)CCCCCCCCCCC/C=C\C/C=C\CCCCCCC. The number of allylic oxidation sites excluding steroid dienone is 20. The van der Waals surface area contributed by atoms with Crippen molar-refractivity contribution in [3.8, 4) is 0 Å². The van der Waals surface area contributed by atoms with E-state index in [9.17, 15) is 14.4 Å². The summed E-state index contributed by atoms with van der Waals surface area (Å²) in [6.45, 7) is 6.49. The predicted octanol–water partition coefficient (Wildman–Crippen LogP) is 22.4. The fourth-order valence-electron chi connectivity index (χ4n) is 8.84. The Morgan fingerprint density at radius 3 is 0.808 bits per heavy atom. The molecule has 78 heavy (non-hydrogen) atoms. The highest BCUT2D eigenvalue weighted by Crippen LogP contribution is 2.16. The van der Waals surface area contributed by atoms with Gasteiger partial charge >= 0.3 is 17.9 Å². The van der Waals surface area contributed by atoms with Crippen molar-refractivity contribution in [3.05, 3.63) is 122 Å². The fourth-order valence-corrected chi connectivity index (χ4v) is 8.84. The molecule has 0 aromatic heterocycles. The summed E-state index contributed by atoms with van der Waals surface area (Å²) in [7, 11) is 0. The van der Waals surface area contributed by atoms with Crippen LogP contribution in [0.3, 0.4) is 0 Å². The zero-order chi connectivity index (χ0) is 56.4. The lowest BCUT2D eigenvalue weighted by molar-refractivity contribution is -0.167. The molecule has 0 aromatic carbocycles. The van der Waals surface area contributed by atoms with Gasteiger partial charge in [0.1, 0.15) is 13.2 Å². The lowest BCUT2D eigenvalue weighted by atomic mass is 10.0. The van der Waals surface area contributed by atoms with Crippen LogP contribution < -0.4 is 0 Å². The van der Waals surface area contributed by atoms with Crippen molar-refractivity contribution in [2.75, 3.05) is 13.2 Å². The number of carbonyl (C=O) groups excluding carboxylic acids is 3. The predicted molar refractivity (Wildman–Crippen MR) is 339 cm³/mol. The van der Waals surface area contributed by atoms with Gasteiger partial charge in [-0.3, -0.25) is 14.4 Å². The van der Waals surface area contributed by atoms with Gasteiger partial charge in [0.2, 0.25) is 0 Å². The molecular formula is C72H120O6.